The molecule has 0 radical (unpaired) electrons. The van der Waals surface area contributed by atoms with Crippen LogP contribution in [0.1, 0.15) is 36.6 Å². The molecule has 0 aromatic carbocycles. The maximum absolute atomic E-state index is 8.40. The van der Waals surface area contributed by atoms with E-state index in [0.29, 0.717) is 11.7 Å². The molecule has 26 heavy (non-hydrogen) atoms. The summed E-state index contributed by atoms with van der Waals surface area (Å²) in [6.07, 6.45) is 4.03. The van der Waals surface area contributed by atoms with Gasteiger partial charge in [-0.15, -0.1) is 0 Å². The van der Waals surface area contributed by atoms with Crippen LogP contribution in [0.15, 0.2) is 42.5 Å². The molecule has 0 saturated heterocycles. The van der Waals surface area contributed by atoms with Crippen molar-refractivity contribution in [3.05, 3.63) is 70.8 Å². The molecular formula is C22H18N4. The zero-order valence-electron chi connectivity index (χ0n) is 15.6. The first-order valence-electron chi connectivity index (χ1n) is 9.10. The summed E-state index contributed by atoms with van der Waals surface area (Å²) < 4.78 is 8.40. The predicted octanol–water partition coefficient (Wildman–Crippen LogP) is 5.35. The van der Waals surface area contributed by atoms with E-state index in [0.717, 1.165) is 50.3 Å². The number of H-pyrrole nitrogens is 2. The zero-order chi connectivity index (χ0) is 18.5. The number of nitrogens with zero attached hydrogens (tertiary/aromatic N) is 2. The summed E-state index contributed by atoms with van der Waals surface area (Å²) >= 11 is 0. The molecule has 0 aliphatic carbocycles. The topological polar surface area (TPSA) is 57.4 Å². The van der Waals surface area contributed by atoms with Crippen molar-refractivity contribution in [2.24, 2.45) is 0 Å². The lowest BCUT2D eigenvalue weighted by Gasteiger charge is -1.89. The molecule has 0 saturated carbocycles. The van der Waals surface area contributed by atoms with E-state index in [-0.39, 0.29) is 0 Å². The minimum atomic E-state index is 0.461. The molecule has 4 nitrogen and oxygen atoms in total. The van der Waals surface area contributed by atoms with E-state index in [9.17, 15) is 0 Å². The van der Waals surface area contributed by atoms with E-state index in [2.05, 4.69) is 39.0 Å². The fourth-order valence-corrected chi connectivity index (χ4v) is 3.29. The van der Waals surface area contributed by atoms with E-state index in [1.165, 1.54) is 0 Å². The molecule has 5 rings (SSSR count). The van der Waals surface area contributed by atoms with Crippen LogP contribution in [0, 0.1) is 6.92 Å². The van der Waals surface area contributed by atoms with Gasteiger partial charge >= 0.3 is 0 Å². The van der Waals surface area contributed by atoms with Gasteiger partial charge in [-0.3, -0.25) is 0 Å². The quantitative estimate of drug-likeness (QED) is 0.453. The second-order valence-electron chi connectivity index (χ2n) is 6.69. The summed E-state index contributed by atoms with van der Waals surface area (Å²) in [6, 6.07) is 14.5. The van der Waals surface area contributed by atoms with Gasteiger partial charge in [0.2, 0.25) is 0 Å². The van der Waals surface area contributed by atoms with Crippen molar-refractivity contribution in [1.82, 2.24) is 19.9 Å². The summed E-state index contributed by atoms with van der Waals surface area (Å²) in [4.78, 5) is 16.1. The standard InChI is InChI=1S/C22H18N4/c1-13-7-19-10-17-4-3-15(23-17)9-16-5-6-18(24-16)11-21-14(2)8-20(26-21)12-22(13)25-19/h3-12,23,26H,1-2H3/i7D. The van der Waals surface area contributed by atoms with Gasteiger partial charge in [0, 0.05) is 22.1 Å². The molecule has 8 bridgehead atoms. The Morgan fingerprint density at radius 1 is 0.769 bits per heavy atom. The monoisotopic (exact) mass is 339 g/mol. The number of fused-ring (bicyclic) bond motifs is 8. The van der Waals surface area contributed by atoms with Crippen molar-refractivity contribution >= 4 is 45.8 Å². The average Bonchev–Trinajstić information content (AvgIpc) is 3.38. The van der Waals surface area contributed by atoms with Crippen molar-refractivity contribution in [1.29, 1.82) is 0 Å². The molecule has 0 atom stereocenters. The Bertz CT molecular complexity index is 1300. The first-order chi connectivity index (χ1) is 13.0. The van der Waals surface area contributed by atoms with Crippen molar-refractivity contribution in [2.45, 2.75) is 13.8 Å². The van der Waals surface area contributed by atoms with E-state index in [4.69, 9.17) is 1.37 Å². The Kier molecular flexibility index (Phi) is 2.96. The van der Waals surface area contributed by atoms with Crippen LogP contribution >= 0.6 is 0 Å². The zero-order valence-corrected chi connectivity index (χ0v) is 14.6. The van der Waals surface area contributed by atoms with Crippen molar-refractivity contribution in [3.8, 4) is 0 Å². The second kappa shape index (κ2) is 5.56. The average molecular weight is 339 g/mol. The fourth-order valence-electron chi connectivity index (χ4n) is 3.29. The molecule has 2 aliphatic rings. The smallest absolute Gasteiger partial charge is 0.0687 e. The van der Waals surface area contributed by atoms with Crippen LogP contribution in [0.3, 0.4) is 0 Å². The molecule has 0 unspecified atom stereocenters. The third kappa shape index (κ3) is 2.65. The Labute approximate surface area is 152 Å². The minimum absolute atomic E-state index is 0.461. The van der Waals surface area contributed by atoms with Gasteiger partial charge in [-0.1, -0.05) is 0 Å². The molecule has 126 valence electrons. The van der Waals surface area contributed by atoms with Gasteiger partial charge in [-0.2, -0.15) is 0 Å². The van der Waals surface area contributed by atoms with Crippen LogP contribution in [0.2, 0.25) is 0 Å². The first-order valence-corrected chi connectivity index (χ1v) is 8.60. The molecule has 4 heteroatoms. The Balaban J connectivity index is 1.90. The van der Waals surface area contributed by atoms with Crippen LogP contribution in [0.25, 0.3) is 45.8 Å². The highest BCUT2D eigenvalue weighted by Gasteiger charge is 2.06. The Hall–Kier alpha value is -3.40. The maximum atomic E-state index is 8.40. The van der Waals surface area contributed by atoms with Crippen LogP contribution in [-0.2, 0) is 0 Å². The molecule has 2 N–H and O–H groups in total. The number of aryl methyl sites for hydroxylation is 1. The summed E-state index contributed by atoms with van der Waals surface area (Å²) in [6.45, 7) is 4.02. The largest absolute Gasteiger partial charge is 0.355 e. The summed E-state index contributed by atoms with van der Waals surface area (Å²) in [7, 11) is 0. The highest BCUT2D eigenvalue weighted by atomic mass is 14.8. The third-order valence-electron chi connectivity index (χ3n) is 4.61. The van der Waals surface area contributed by atoms with Crippen LogP contribution < -0.4 is 0 Å². The summed E-state index contributed by atoms with van der Waals surface area (Å²) in [5.74, 6) is 0. The van der Waals surface area contributed by atoms with Gasteiger partial charge in [-0.25, -0.2) is 9.97 Å². The van der Waals surface area contributed by atoms with Crippen molar-refractivity contribution in [2.75, 3.05) is 0 Å². The highest BCUT2D eigenvalue weighted by molar-refractivity contribution is 5.84. The summed E-state index contributed by atoms with van der Waals surface area (Å²) in [5.41, 5.74) is 9.23. The lowest BCUT2D eigenvalue weighted by molar-refractivity contribution is 1.30. The van der Waals surface area contributed by atoms with Crippen LogP contribution in [-0.4, -0.2) is 19.9 Å². The molecule has 0 fully saturated rings. The number of aromatic amines is 2. The highest BCUT2D eigenvalue weighted by Crippen LogP contribution is 2.23. The van der Waals surface area contributed by atoms with E-state index >= 15 is 0 Å². The third-order valence-corrected chi connectivity index (χ3v) is 4.61. The molecule has 3 aromatic rings. The molecule has 3 aromatic heterocycles. The predicted molar refractivity (Wildman–Crippen MR) is 108 cm³/mol. The normalized spacial score (nSPS) is 14.0. The number of hydrogen-bond donors (Lipinski definition) is 2. The lowest BCUT2D eigenvalue weighted by atomic mass is 10.2. The van der Waals surface area contributed by atoms with Crippen molar-refractivity contribution < 1.29 is 1.37 Å². The van der Waals surface area contributed by atoms with Crippen molar-refractivity contribution in [3.63, 3.8) is 0 Å². The number of aromatic nitrogens is 4. The fraction of sp³-hybridized carbons (Fsp3) is 0.0909. The minimum Gasteiger partial charge on any atom is -0.355 e. The number of rotatable bonds is 0. The van der Waals surface area contributed by atoms with Gasteiger partial charge < -0.3 is 9.97 Å². The lowest BCUT2D eigenvalue weighted by Crippen LogP contribution is -1.77. The van der Waals surface area contributed by atoms with E-state index < -0.39 is 0 Å². The number of allylic oxidation sites excluding steroid dienone is 1. The van der Waals surface area contributed by atoms with E-state index in [1.807, 2.05) is 49.4 Å². The number of hydrogen-bond acceptors (Lipinski definition) is 2. The SMILES string of the molecule is [2H]C1=C(C)c2cc3cc(C)c(cc4nc(cc5ccc(cc1n2)[nH]5)C=C4)[nH]3. The van der Waals surface area contributed by atoms with Gasteiger partial charge in [0.15, 0.2) is 0 Å². The summed E-state index contributed by atoms with van der Waals surface area (Å²) in [5, 5.41) is 0. The second-order valence-corrected chi connectivity index (χ2v) is 6.69. The maximum Gasteiger partial charge on any atom is 0.0687 e. The molecule has 0 spiro atoms. The van der Waals surface area contributed by atoms with Gasteiger partial charge in [-0.05, 0) is 85.7 Å². The van der Waals surface area contributed by atoms with Gasteiger partial charge in [0.05, 0.1) is 24.1 Å². The Morgan fingerprint density at radius 2 is 1.50 bits per heavy atom. The van der Waals surface area contributed by atoms with E-state index in [1.54, 1.807) is 0 Å². The Morgan fingerprint density at radius 3 is 2.31 bits per heavy atom. The molecule has 0 amide bonds. The first kappa shape index (κ1) is 13.8. The van der Waals surface area contributed by atoms with Crippen LogP contribution in [0.4, 0.5) is 0 Å². The van der Waals surface area contributed by atoms with Gasteiger partial charge in [0.25, 0.3) is 0 Å². The van der Waals surface area contributed by atoms with Gasteiger partial charge in [0.1, 0.15) is 0 Å². The molecule has 5 heterocycles. The van der Waals surface area contributed by atoms with Crippen LogP contribution in [0.5, 0.6) is 0 Å². The number of nitrogens with one attached hydrogen (secondary N) is 2. The molecular weight excluding hydrogens is 320 g/mol. The molecule has 2 aliphatic heterocycles.